The molecule has 4 rings (SSSR count). The van der Waals surface area contributed by atoms with Gasteiger partial charge in [0.25, 0.3) is 0 Å². The molecular weight excluding hydrogens is 450 g/mol. The number of benzene rings is 1. The van der Waals surface area contributed by atoms with Gasteiger partial charge in [0.05, 0.1) is 5.69 Å². The summed E-state index contributed by atoms with van der Waals surface area (Å²) in [6.07, 6.45) is 3.88. The number of rotatable bonds is 8. The first-order valence-corrected chi connectivity index (χ1v) is 12.9. The van der Waals surface area contributed by atoms with Crippen LogP contribution in [0.4, 0.5) is 8.78 Å². The average Bonchev–Trinajstić information content (AvgIpc) is 3.16. The lowest BCUT2D eigenvalue weighted by Gasteiger charge is -2.35. The fourth-order valence-electron chi connectivity index (χ4n) is 5.58. The molecule has 0 bridgehead atoms. The quantitative estimate of drug-likeness (QED) is 0.550. The molecule has 2 aliphatic heterocycles. The summed E-state index contributed by atoms with van der Waals surface area (Å²) in [7, 11) is 0. The molecule has 2 aliphatic rings. The van der Waals surface area contributed by atoms with E-state index in [1.165, 1.54) is 37.7 Å². The van der Waals surface area contributed by atoms with Crippen LogP contribution in [0.1, 0.15) is 51.0 Å². The van der Waals surface area contributed by atoms with Crippen molar-refractivity contribution in [3.05, 3.63) is 41.3 Å². The van der Waals surface area contributed by atoms with E-state index in [4.69, 9.17) is 4.42 Å². The summed E-state index contributed by atoms with van der Waals surface area (Å²) in [5, 5.41) is 3.14. The predicted molar refractivity (Wildman–Crippen MR) is 132 cm³/mol. The molecule has 192 valence electrons. The zero-order chi connectivity index (χ0) is 24.9. The Kier molecular flexibility index (Phi) is 8.55. The molecule has 8 heteroatoms. The monoisotopic (exact) mass is 488 g/mol. The molecule has 2 fully saturated rings. The first-order chi connectivity index (χ1) is 16.8. The summed E-state index contributed by atoms with van der Waals surface area (Å²) in [4.78, 5) is 21.8. The standard InChI is InChI=1S/C27H38F2N4O2/c1-18-14-19(2)16-33(15-18)11-5-10-30-26(34)21-8-12-32(13-9-21)17-24-20(3)35-27(31-24)25-22(28)6-4-7-23(25)29/h4,6-7,18-19,21H,5,8-17H2,1-3H3,(H,30,34)/t18-,19+. The summed E-state index contributed by atoms with van der Waals surface area (Å²) in [5.41, 5.74) is 0.438. The van der Waals surface area contributed by atoms with Gasteiger partial charge >= 0.3 is 0 Å². The van der Waals surface area contributed by atoms with Crippen LogP contribution in [0.2, 0.25) is 0 Å². The van der Waals surface area contributed by atoms with E-state index >= 15 is 0 Å². The maximum atomic E-state index is 14.1. The number of likely N-dealkylation sites (tertiary alicyclic amines) is 2. The largest absolute Gasteiger partial charge is 0.441 e. The summed E-state index contributed by atoms with van der Waals surface area (Å²) in [6.45, 7) is 12.6. The number of carbonyl (C=O) groups excluding carboxylic acids is 1. The number of nitrogens with one attached hydrogen (secondary N) is 1. The van der Waals surface area contributed by atoms with Crippen LogP contribution in [-0.2, 0) is 11.3 Å². The number of aromatic nitrogens is 1. The molecule has 0 radical (unpaired) electrons. The number of hydrogen-bond acceptors (Lipinski definition) is 5. The number of carbonyl (C=O) groups is 1. The Bertz CT molecular complexity index is 973. The number of halogens is 2. The highest BCUT2D eigenvalue weighted by molar-refractivity contribution is 5.78. The number of oxazole rings is 1. The molecule has 2 saturated heterocycles. The number of amides is 1. The minimum Gasteiger partial charge on any atom is -0.441 e. The lowest BCUT2D eigenvalue weighted by Crippen LogP contribution is -2.42. The lowest BCUT2D eigenvalue weighted by molar-refractivity contribution is -0.126. The molecule has 6 nitrogen and oxygen atoms in total. The topological polar surface area (TPSA) is 61.6 Å². The van der Waals surface area contributed by atoms with Gasteiger partial charge in [-0.3, -0.25) is 9.69 Å². The summed E-state index contributed by atoms with van der Waals surface area (Å²) in [5.74, 6) is 0.839. The first kappa shape index (κ1) is 25.8. The van der Waals surface area contributed by atoms with Gasteiger partial charge < -0.3 is 14.6 Å². The zero-order valence-electron chi connectivity index (χ0n) is 21.2. The second-order valence-corrected chi connectivity index (χ2v) is 10.5. The van der Waals surface area contributed by atoms with E-state index in [1.54, 1.807) is 6.92 Å². The Labute approximate surface area is 207 Å². The van der Waals surface area contributed by atoms with E-state index < -0.39 is 11.6 Å². The molecule has 1 aromatic heterocycles. The van der Waals surface area contributed by atoms with Crippen LogP contribution >= 0.6 is 0 Å². The second-order valence-electron chi connectivity index (χ2n) is 10.5. The highest BCUT2D eigenvalue weighted by atomic mass is 19.1. The number of aryl methyl sites for hydroxylation is 1. The summed E-state index contributed by atoms with van der Waals surface area (Å²) >= 11 is 0. The number of hydrogen-bond donors (Lipinski definition) is 1. The maximum absolute atomic E-state index is 14.1. The van der Waals surface area contributed by atoms with E-state index in [-0.39, 0.29) is 23.3 Å². The molecule has 1 N–H and O–H groups in total. The predicted octanol–water partition coefficient (Wildman–Crippen LogP) is 4.62. The van der Waals surface area contributed by atoms with Crippen LogP contribution in [0.3, 0.4) is 0 Å². The van der Waals surface area contributed by atoms with Crippen LogP contribution in [0.15, 0.2) is 22.6 Å². The minimum atomic E-state index is -0.690. The molecular formula is C27H38F2N4O2. The molecule has 1 aromatic carbocycles. The molecule has 0 unspecified atom stereocenters. The third kappa shape index (κ3) is 6.67. The van der Waals surface area contributed by atoms with Crippen molar-refractivity contribution in [3.63, 3.8) is 0 Å². The molecule has 35 heavy (non-hydrogen) atoms. The van der Waals surface area contributed by atoms with E-state index in [1.807, 2.05) is 0 Å². The van der Waals surface area contributed by atoms with Crippen LogP contribution in [-0.4, -0.2) is 60.0 Å². The number of nitrogens with zero attached hydrogens (tertiary/aromatic N) is 3. The van der Waals surface area contributed by atoms with Gasteiger partial charge in [-0.05, 0) is 76.2 Å². The zero-order valence-corrected chi connectivity index (χ0v) is 21.2. The molecule has 1 amide bonds. The normalized spacial score (nSPS) is 22.4. The number of piperidine rings is 2. The first-order valence-electron chi connectivity index (χ1n) is 12.9. The molecule has 0 spiro atoms. The molecule has 0 saturated carbocycles. The van der Waals surface area contributed by atoms with Gasteiger partial charge in [-0.15, -0.1) is 0 Å². The van der Waals surface area contributed by atoms with E-state index in [9.17, 15) is 13.6 Å². The van der Waals surface area contributed by atoms with Gasteiger partial charge in [-0.25, -0.2) is 13.8 Å². The lowest BCUT2D eigenvalue weighted by atomic mass is 9.92. The second kappa shape index (κ2) is 11.6. The van der Waals surface area contributed by atoms with E-state index in [0.717, 1.165) is 57.3 Å². The van der Waals surface area contributed by atoms with Gasteiger partial charge in [-0.2, -0.15) is 0 Å². The van der Waals surface area contributed by atoms with Crippen LogP contribution in [0, 0.1) is 36.3 Å². The summed E-state index contributed by atoms with van der Waals surface area (Å²) < 4.78 is 33.8. The van der Waals surface area contributed by atoms with Gasteiger partial charge in [0.2, 0.25) is 11.8 Å². The SMILES string of the molecule is Cc1oc(-c2c(F)cccc2F)nc1CN1CCC(C(=O)NCCCN2C[C@H](C)C[C@H](C)C2)CC1. The Balaban J connectivity index is 1.20. The van der Waals surface area contributed by atoms with E-state index in [0.29, 0.717) is 18.0 Å². The van der Waals surface area contributed by atoms with Crippen LogP contribution in [0.25, 0.3) is 11.5 Å². The van der Waals surface area contributed by atoms with Crippen molar-refractivity contribution >= 4 is 5.91 Å². The van der Waals surface area contributed by atoms with Gasteiger partial charge in [0.1, 0.15) is 23.0 Å². The highest BCUT2D eigenvalue weighted by Gasteiger charge is 2.27. The Morgan fingerprint density at radius 2 is 1.77 bits per heavy atom. The van der Waals surface area contributed by atoms with Crippen LogP contribution in [0.5, 0.6) is 0 Å². The third-order valence-corrected chi connectivity index (χ3v) is 7.30. The minimum absolute atomic E-state index is 0.0303. The Hall–Kier alpha value is -2.32. The molecule has 2 atom stereocenters. The molecule has 3 heterocycles. The Morgan fingerprint density at radius 1 is 1.11 bits per heavy atom. The highest BCUT2D eigenvalue weighted by Crippen LogP contribution is 2.28. The van der Waals surface area contributed by atoms with Crippen molar-refractivity contribution < 1.29 is 18.0 Å². The average molecular weight is 489 g/mol. The van der Waals surface area contributed by atoms with Crippen molar-refractivity contribution in [1.29, 1.82) is 0 Å². The van der Waals surface area contributed by atoms with Crippen molar-refractivity contribution in [3.8, 4) is 11.5 Å². The van der Waals surface area contributed by atoms with Crippen molar-refractivity contribution in [1.82, 2.24) is 20.1 Å². The summed E-state index contributed by atoms with van der Waals surface area (Å²) in [6, 6.07) is 3.71. The Morgan fingerprint density at radius 3 is 2.43 bits per heavy atom. The van der Waals surface area contributed by atoms with Gasteiger partial charge in [0, 0.05) is 32.1 Å². The molecule has 2 aromatic rings. The third-order valence-electron chi connectivity index (χ3n) is 7.30. The van der Waals surface area contributed by atoms with Crippen LogP contribution < -0.4 is 5.32 Å². The smallest absolute Gasteiger partial charge is 0.232 e. The van der Waals surface area contributed by atoms with Gasteiger partial charge in [0.15, 0.2) is 0 Å². The molecule has 0 aliphatic carbocycles. The maximum Gasteiger partial charge on any atom is 0.232 e. The van der Waals surface area contributed by atoms with Gasteiger partial charge in [-0.1, -0.05) is 19.9 Å². The van der Waals surface area contributed by atoms with E-state index in [2.05, 4.69) is 33.9 Å². The fourth-order valence-corrected chi connectivity index (χ4v) is 5.58. The van der Waals surface area contributed by atoms with Crippen molar-refractivity contribution in [2.45, 2.75) is 53.0 Å². The van der Waals surface area contributed by atoms with Crippen molar-refractivity contribution in [2.24, 2.45) is 17.8 Å². The van der Waals surface area contributed by atoms with Crippen molar-refractivity contribution in [2.75, 3.05) is 39.3 Å². The fraction of sp³-hybridized carbons (Fsp3) is 0.630.